The molecule has 0 spiro atoms. The highest BCUT2D eigenvalue weighted by molar-refractivity contribution is 6.32. The van der Waals surface area contributed by atoms with E-state index in [1.54, 1.807) is 19.9 Å². The van der Waals surface area contributed by atoms with Gasteiger partial charge in [-0.2, -0.15) is 0 Å². The predicted molar refractivity (Wildman–Crippen MR) is 92.3 cm³/mol. The van der Waals surface area contributed by atoms with Crippen molar-refractivity contribution in [1.82, 2.24) is 5.32 Å². The Morgan fingerprint density at radius 3 is 2.39 bits per heavy atom. The Morgan fingerprint density at radius 2 is 1.74 bits per heavy atom. The fraction of sp³-hybridized carbons (Fsp3) is 0.278. The number of hydrogen-bond acceptors (Lipinski definition) is 3. The van der Waals surface area contributed by atoms with Gasteiger partial charge >= 0.3 is 0 Å². The number of carbonyl (C=O) groups is 1. The summed E-state index contributed by atoms with van der Waals surface area (Å²) >= 11 is 6.09. The second-order valence-corrected chi connectivity index (χ2v) is 6.30. The van der Waals surface area contributed by atoms with Gasteiger partial charge in [0.05, 0.1) is 10.6 Å². The third-order valence-corrected chi connectivity index (χ3v) is 3.68. The van der Waals surface area contributed by atoms with E-state index < -0.39 is 5.54 Å². The quantitative estimate of drug-likeness (QED) is 0.853. The van der Waals surface area contributed by atoms with Gasteiger partial charge in [0.25, 0.3) is 0 Å². The molecule has 0 fully saturated rings. The second-order valence-electron chi connectivity index (χ2n) is 5.89. The second kappa shape index (κ2) is 7.49. The van der Waals surface area contributed by atoms with Gasteiger partial charge in [-0.15, -0.1) is 0 Å². The molecule has 0 saturated carbocycles. The van der Waals surface area contributed by atoms with E-state index in [4.69, 9.17) is 22.1 Å². The summed E-state index contributed by atoms with van der Waals surface area (Å²) in [6.07, 6.45) is 0. The third kappa shape index (κ3) is 4.98. The van der Waals surface area contributed by atoms with Crippen LogP contribution in [-0.2, 0) is 17.9 Å². The number of benzene rings is 2. The zero-order valence-electron chi connectivity index (χ0n) is 13.3. The lowest BCUT2D eigenvalue weighted by Crippen LogP contribution is -2.48. The summed E-state index contributed by atoms with van der Waals surface area (Å²) in [5.41, 5.74) is 6.85. The van der Waals surface area contributed by atoms with Gasteiger partial charge in [0.15, 0.2) is 0 Å². The smallest absolute Gasteiger partial charge is 0.239 e. The van der Waals surface area contributed by atoms with Gasteiger partial charge < -0.3 is 15.8 Å². The molecule has 0 atom stereocenters. The molecule has 0 bridgehead atoms. The van der Waals surface area contributed by atoms with Crippen LogP contribution in [-0.4, -0.2) is 11.4 Å². The average Bonchev–Trinajstić information content (AvgIpc) is 2.51. The van der Waals surface area contributed by atoms with E-state index in [9.17, 15) is 4.79 Å². The van der Waals surface area contributed by atoms with Gasteiger partial charge in [0.1, 0.15) is 12.4 Å². The summed E-state index contributed by atoms with van der Waals surface area (Å²) in [6, 6.07) is 15.1. The highest BCUT2D eigenvalue weighted by Crippen LogP contribution is 2.24. The lowest BCUT2D eigenvalue weighted by molar-refractivity contribution is -0.125. The predicted octanol–water partition coefficient (Wildman–Crippen LogP) is 3.27. The first kappa shape index (κ1) is 17.3. The Bertz CT molecular complexity index is 681. The molecule has 0 aliphatic rings. The van der Waals surface area contributed by atoms with Crippen molar-refractivity contribution in [2.24, 2.45) is 5.73 Å². The molecule has 0 unspecified atom stereocenters. The van der Waals surface area contributed by atoms with E-state index in [2.05, 4.69) is 5.32 Å². The molecule has 2 rings (SSSR count). The molecular weight excluding hydrogens is 312 g/mol. The van der Waals surface area contributed by atoms with Gasteiger partial charge in [0.2, 0.25) is 5.91 Å². The van der Waals surface area contributed by atoms with Crippen LogP contribution in [0, 0.1) is 0 Å². The Balaban J connectivity index is 2.03. The topological polar surface area (TPSA) is 64.4 Å². The molecule has 0 radical (unpaired) electrons. The normalized spacial score (nSPS) is 11.1. The largest absolute Gasteiger partial charge is 0.487 e. The highest BCUT2D eigenvalue weighted by Gasteiger charge is 2.21. The number of rotatable bonds is 6. The molecule has 0 saturated heterocycles. The SMILES string of the molecule is CC(C)(N)C(=O)NCc1ccccc1COc1ccccc1Cl. The zero-order chi connectivity index (χ0) is 16.9. The molecule has 0 aromatic heterocycles. The number of nitrogens with two attached hydrogens (primary N) is 1. The summed E-state index contributed by atoms with van der Waals surface area (Å²) in [5.74, 6) is 0.440. The molecular formula is C18H21ClN2O2. The monoisotopic (exact) mass is 332 g/mol. The maximum absolute atomic E-state index is 11.9. The Hall–Kier alpha value is -2.04. The molecule has 0 heterocycles. The Labute approximate surface area is 141 Å². The van der Waals surface area contributed by atoms with Crippen LogP contribution < -0.4 is 15.8 Å². The minimum Gasteiger partial charge on any atom is -0.487 e. The van der Waals surface area contributed by atoms with Crippen molar-refractivity contribution < 1.29 is 9.53 Å². The minimum absolute atomic E-state index is 0.195. The standard InChI is InChI=1S/C18H21ClN2O2/c1-18(2,20)17(22)21-11-13-7-3-4-8-14(13)12-23-16-10-6-5-9-15(16)19/h3-10H,11-12,20H2,1-2H3,(H,21,22). The van der Waals surface area contributed by atoms with Gasteiger partial charge in [-0.3, -0.25) is 4.79 Å². The van der Waals surface area contributed by atoms with E-state index in [1.807, 2.05) is 42.5 Å². The lowest BCUT2D eigenvalue weighted by atomic mass is 10.1. The van der Waals surface area contributed by atoms with Crippen LogP contribution in [0.4, 0.5) is 0 Å². The van der Waals surface area contributed by atoms with Crippen LogP contribution in [0.15, 0.2) is 48.5 Å². The maximum atomic E-state index is 11.9. The third-order valence-electron chi connectivity index (χ3n) is 3.36. The summed E-state index contributed by atoms with van der Waals surface area (Å²) in [6.45, 7) is 4.13. The molecule has 4 nitrogen and oxygen atoms in total. The molecule has 5 heteroatoms. The van der Waals surface area contributed by atoms with Crippen LogP contribution in [0.3, 0.4) is 0 Å². The van der Waals surface area contributed by atoms with Crippen molar-refractivity contribution in [3.63, 3.8) is 0 Å². The molecule has 122 valence electrons. The first-order valence-corrected chi connectivity index (χ1v) is 7.77. The number of halogens is 1. The molecule has 0 aliphatic heterocycles. The highest BCUT2D eigenvalue weighted by atomic mass is 35.5. The molecule has 3 N–H and O–H groups in total. The average molecular weight is 333 g/mol. The first-order chi connectivity index (χ1) is 10.9. The van der Waals surface area contributed by atoms with Crippen LogP contribution in [0.2, 0.25) is 5.02 Å². The number of carbonyl (C=O) groups excluding carboxylic acids is 1. The van der Waals surface area contributed by atoms with Crippen LogP contribution in [0.5, 0.6) is 5.75 Å². The molecule has 2 aromatic rings. The van der Waals surface area contributed by atoms with Crippen molar-refractivity contribution in [3.8, 4) is 5.75 Å². The summed E-state index contributed by atoms with van der Waals surface area (Å²) in [5, 5.41) is 3.42. The van der Waals surface area contributed by atoms with E-state index in [0.717, 1.165) is 11.1 Å². The fourth-order valence-corrected chi connectivity index (χ4v) is 2.18. The minimum atomic E-state index is -0.900. The lowest BCUT2D eigenvalue weighted by Gasteiger charge is -2.19. The molecule has 0 aliphatic carbocycles. The van der Waals surface area contributed by atoms with E-state index in [0.29, 0.717) is 23.9 Å². The summed E-state index contributed by atoms with van der Waals surface area (Å²) in [4.78, 5) is 11.9. The van der Waals surface area contributed by atoms with Crippen LogP contribution in [0.1, 0.15) is 25.0 Å². The fourth-order valence-electron chi connectivity index (χ4n) is 1.99. The van der Waals surface area contributed by atoms with Crippen molar-refractivity contribution in [2.75, 3.05) is 0 Å². The van der Waals surface area contributed by atoms with Crippen molar-refractivity contribution in [1.29, 1.82) is 0 Å². The number of ether oxygens (including phenoxy) is 1. The Morgan fingerprint density at radius 1 is 1.13 bits per heavy atom. The molecule has 23 heavy (non-hydrogen) atoms. The first-order valence-electron chi connectivity index (χ1n) is 7.39. The van der Waals surface area contributed by atoms with Gasteiger partial charge in [-0.25, -0.2) is 0 Å². The van der Waals surface area contributed by atoms with Crippen LogP contribution >= 0.6 is 11.6 Å². The summed E-state index contributed by atoms with van der Waals surface area (Å²) in [7, 11) is 0. The molecule has 1 amide bonds. The van der Waals surface area contributed by atoms with Gasteiger partial charge in [-0.1, -0.05) is 48.0 Å². The summed E-state index contributed by atoms with van der Waals surface area (Å²) < 4.78 is 5.77. The Kier molecular flexibility index (Phi) is 5.64. The van der Waals surface area contributed by atoms with Gasteiger partial charge in [-0.05, 0) is 37.1 Å². The van der Waals surface area contributed by atoms with E-state index in [-0.39, 0.29) is 5.91 Å². The number of hydrogen-bond donors (Lipinski definition) is 2. The number of amides is 1. The van der Waals surface area contributed by atoms with Crippen molar-refractivity contribution in [2.45, 2.75) is 32.5 Å². The number of para-hydroxylation sites is 1. The number of nitrogens with one attached hydrogen (secondary N) is 1. The van der Waals surface area contributed by atoms with Crippen LogP contribution in [0.25, 0.3) is 0 Å². The van der Waals surface area contributed by atoms with Gasteiger partial charge in [0, 0.05) is 6.54 Å². The van der Waals surface area contributed by atoms with E-state index >= 15 is 0 Å². The maximum Gasteiger partial charge on any atom is 0.239 e. The van der Waals surface area contributed by atoms with Crippen molar-refractivity contribution >= 4 is 17.5 Å². The van der Waals surface area contributed by atoms with Crippen molar-refractivity contribution in [3.05, 3.63) is 64.7 Å². The molecule has 2 aromatic carbocycles. The van der Waals surface area contributed by atoms with E-state index in [1.165, 1.54) is 0 Å². The zero-order valence-corrected chi connectivity index (χ0v) is 14.1.